The van der Waals surface area contributed by atoms with Gasteiger partial charge in [0.25, 0.3) is 0 Å². The third kappa shape index (κ3) is 3.65. The van der Waals surface area contributed by atoms with E-state index in [9.17, 15) is 8.42 Å². The molecule has 0 spiro atoms. The van der Waals surface area contributed by atoms with Gasteiger partial charge in [0.2, 0.25) is 5.95 Å². The average Bonchev–Trinajstić information content (AvgIpc) is 3.22. The van der Waals surface area contributed by atoms with Crippen molar-refractivity contribution in [1.82, 2.24) is 19.5 Å². The number of anilines is 1. The Balaban J connectivity index is 1.47. The van der Waals surface area contributed by atoms with Crippen molar-refractivity contribution in [2.24, 2.45) is 5.73 Å². The Morgan fingerprint density at radius 1 is 0.971 bits per heavy atom. The van der Waals surface area contributed by atoms with Crippen LogP contribution in [0.5, 0.6) is 0 Å². The van der Waals surface area contributed by atoms with E-state index in [1.165, 1.54) is 6.42 Å². The number of benzene rings is 1. The first kappa shape index (κ1) is 21.2. The molecule has 4 aromatic rings. The van der Waals surface area contributed by atoms with E-state index in [2.05, 4.69) is 38.8 Å². The van der Waals surface area contributed by atoms with Crippen LogP contribution in [0, 0.1) is 0 Å². The van der Waals surface area contributed by atoms with Crippen LogP contribution in [0.2, 0.25) is 0 Å². The minimum absolute atomic E-state index is 0.122. The van der Waals surface area contributed by atoms with E-state index in [4.69, 9.17) is 10.7 Å². The Labute approximate surface area is 198 Å². The molecule has 1 saturated carbocycles. The van der Waals surface area contributed by atoms with Crippen LogP contribution in [0.4, 0.5) is 5.95 Å². The largest absolute Gasteiger partial charge is 0.339 e. The summed E-state index contributed by atoms with van der Waals surface area (Å²) in [5, 5.41) is 0.896. The number of nitrogens with zero attached hydrogens (tertiary/aromatic N) is 5. The van der Waals surface area contributed by atoms with Crippen LogP contribution in [-0.2, 0) is 15.4 Å². The highest BCUT2D eigenvalue weighted by Crippen LogP contribution is 2.39. The van der Waals surface area contributed by atoms with Crippen molar-refractivity contribution in [3.05, 3.63) is 66.5 Å². The van der Waals surface area contributed by atoms with Crippen molar-refractivity contribution in [3.8, 4) is 17.1 Å². The molecule has 8 nitrogen and oxygen atoms in total. The number of sulfone groups is 1. The molecule has 1 saturated heterocycles. The molecule has 0 amide bonds. The maximum Gasteiger partial charge on any atom is 0.227 e. The molecule has 34 heavy (non-hydrogen) atoms. The summed E-state index contributed by atoms with van der Waals surface area (Å²) in [5.41, 5.74) is 11.0. The van der Waals surface area contributed by atoms with Crippen molar-refractivity contribution in [3.63, 3.8) is 0 Å². The van der Waals surface area contributed by atoms with Crippen LogP contribution in [0.3, 0.4) is 0 Å². The van der Waals surface area contributed by atoms with Gasteiger partial charge in [-0.1, -0.05) is 18.2 Å². The molecule has 2 aliphatic rings. The van der Waals surface area contributed by atoms with Gasteiger partial charge in [-0.2, -0.15) is 4.98 Å². The standard InChI is InChI=1S/C25H26N6O2S/c26-25(9-3-10-25)19-5-7-20(8-6-19)31-22(21-4-1-2-11-27-21)16-18-17-28-24(29-23(18)31)30-12-14-34(32,33)15-13-30/h1-2,4-8,11,16-17H,3,9-10,12-15,26H2. The minimum Gasteiger partial charge on any atom is -0.339 e. The predicted molar refractivity (Wildman–Crippen MR) is 133 cm³/mol. The third-order valence-electron chi connectivity index (χ3n) is 7.03. The molecule has 9 heteroatoms. The second kappa shape index (κ2) is 7.89. The lowest BCUT2D eigenvalue weighted by Crippen LogP contribution is -2.43. The van der Waals surface area contributed by atoms with Gasteiger partial charge in [-0.05, 0) is 55.2 Å². The normalized spacial score (nSPS) is 19.1. The molecule has 2 N–H and O–H groups in total. The van der Waals surface area contributed by atoms with Crippen molar-refractivity contribution in [2.75, 3.05) is 29.5 Å². The van der Waals surface area contributed by atoms with Gasteiger partial charge in [0.1, 0.15) is 0 Å². The van der Waals surface area contributed by atoms with E-state index < -0.39 is 9.84 Å². The maximum atomic E-state index is 11.9. The monoisotopic (exact) mass is 474 g/mol. The molecule has 0 unspecified atom stereocenters. The van der Waals surface area contributed by atoms with E-state index in [1.54, 1.807) is 12.4 Å². The number of nitrogens with two attached hydrogens (primary N) is 1. The average molecular weight is 475 g/mol. The second-order valence-corrected chi connectivity index (χ2v) is 11.5. The molecule has 174 valence electrons. The summed E-state index contributed by atoms with van der Waals surface area (Å²) in [7, 11) is -2.98. The fourth-order valence-electron chi connectivity index (χ4n) is 4.80. The fraction of sp³-hybridized carbons (Fsp3) is 0.320. The third-order valence-corrected chi connectivity index (χ3v) is 8.64. The first-order valence-corrected chi connectivity index (χ1v) is 13.4. The second-order valence-electron chi connectivity index (χ2n) is 9.22. The summed E-state index contributed by atoms with van der Waals surface area (Å²) >= 11 is 0. The van der Waals surface area contributed by atoms with E-state index >= 15 is 0 Å². The van der Waals surface area contributed by atoms with Crippen LogP contribution in [0.15, 0.2) is 60.9 Å². The topological polar surface area (TPSA) is 107 Å². The summed E-state index contributed by atoms with van der Waals surface area (Å²) in [4.78, 5) is 16.0. The zero-order valence-electron chi connectivity index (χ0n) is 18.8. The predicted octanol–water partition coefficient (Wildman–Crippen LogP) is 3.06. The van der Waals surface area contributed by atoms with Crippen LogP contribution in [-0.4, -0.2) is 52.5 Å². The fourth-order valence-corrected chi connectivity index (χ4v) is 6.00. The highest BCUT2D eigenvalue weighted by Gasteiger charge is 2.34. The van der Waals surface area contributed by atoms with Crippen molar-refractivity contribution in [1.29, 1.82) is 0 Å². The van der Waals surface area contributed by atoms with Crippen LogP contribution in [0.1, 0.15) is 24.8 Å². The highest BCUT2D eigenvalue weighted by atomic mass is 32.2. The quantitative estimate of drug-likeness (QED) is 0.484. The molecule has 1 aromatic carbocycles. The molecule has 1 aliphatic heterocycles. The van der Waals surface area contributed by atoms with Gasteiger partial charge in [-0.15, -0.1) is 0 Å². The van der Waals surface area contributed by atoms with E-state index in [0.29, 0.717) is 19.0 Å². The molecule has 3 aromatic heterocycles. The summed E-state index contributed by atoms with van der Waals surface area (Å²) in [5.74, 6) is 0.787. The Kier molecular flexibility index (Phi) is 4.93. The van der Waals surface area contributed by atoms with E-state index in [-0.39, 0.29) is 17.0 Å². The Morgan fingerprint density at radius 3 is 2.38 bits per heavy atom. The molecular formula is C25H26N6O2S. The number of hydrogen-bond donors (Lipinski definition) is 1. The number of hydrogen-bond acceptors (Lipinski definition) is 7. The lowest BCUT2D eigenvalue weighted by atomic mass is 9.73. The van der Waals surface area contributed by atoms with Gasteiger partial charge in [0.05, 0.1) is 22.9 Å². The molecular weight excluding hydrogens is 448 g/mol. The van der Waals surface area contributed by atoms with Gasteiger partial charge in [0, 0.05) is 42.1 Å². The van der Waals surface area contributed by atoms with Crippen molar-refractivity contribution < 1.29 is 8.42 Å². The van der Waals surface area contributed by atoms with Gasteiger partial charge in [0.15, 0.2) is 15.5 Å². The minimum atomic E-state index is -2.98. The molecule has 0 atom stereocenters. The van der Waals surface area contributed by atoms with Gasteiger partial charge in [-0.25, -0.2) is 13.4 Å². The first-order valence-electron chi connectivity index (χ1n) is 11.6. The molecule has 2 fully saturated rings. The van der Waals surface area contributed by atoms with Gasteiger partial charge in [-0.3, -0.25) is 9.55 Å². The molecule has 0 bridgehead atoms. The van der Waals surface area contributed by atoms with Crippen molar-refractivity contribution in [2.45, 2.75) is 24.8 Å². The summed E-state index contributed by atoms with van der Waals surface area (Å²) < 4.78 is 25.8. The summed E-state index contributed by atoms with van der Waals surface area (Å²) in [6, 6.07) is 16.3. The van der Waals surface area contributed by atoms with Crippen LogP contribution < -0.4 is 10.6 Å². The molecule has 4 heterocycles. The molecule has 0 radical (unpaired) electrons. The van der Waals surface area contributed by atoms with E-state index in [1.807, 2.05) is 29.2 Å². The summed E-state index contributed by atoms with van der Waals surface area (Å²) in [6.07, 6.45) is 6.78. The first-order chi connectivity index (χ1) is 16.4. The number of rotatable bonds is 4. The molecule has 6 rings (SSSR count). The van der Waals surface area contributed by atoms with Crippen molar-refractivity contribution >= 4 is 26.8 Å². The smallest absolute Gasteiger partial charge is 0.227 e. The van der Waals surface area contributed by atoms with Gasteiger partial charge < -0.3 is 10.6 Å². The number of pyridine rings is 1. The Bertz CT molecular complexity index is 1450. The van der Waals surface area contributed by atoms with Gasteiger partial charge >= 0.3 is 0 Å². The number of aromatic nitrogens is 4. The highest BCUT2D eigenvalue weighted by molar-refractivity contribution is 7.91. The van der Waals surface area contributed by atoms with Crippen LogP contribution in [0.25, 0.3) is 28.1 Å². The molecule has 1 aliphatic carbocycles. The lowest BCUT2D eigenvalue weighted by molar-refractivity contribution is 0.253. The zero-order chi connectivity index (χ0) is 23.3. The summed E-state index contributed by atoms with van der Waals surface area (Å²) in [6.45, 7) is 0.795. The Morgan fingerprint density at radius 2 is 1.74 bits per heavy atom. The van der Waals surface area contributed by atoms with Crippen LogP contribution >= 0.6 is 0 Å². The lowest BCUT2D eigenvalue weighted by Gasteiger charge is -2.38. The SMILES string of the molecule is NC1(c2ccc(-n3c(-c4ccccn4)cc4cnc(N5CCS(=O)(=O)CC5)nc43)cc2)CCC1. The Hall–Kier alpha value is -3.30. The van der Waals surface area contributed by atoms with E-state index in [0.717, 1.165) is 46.5 Å². The number of fused-ring (bicyclic) bond motifs is 1. The zero-order valence-corrected chi connectivity index (χ0v) is 19.6. The maximum absolute atomic E-state index is 11.9.